The van der Waals surface area contributed by atoms with Crippen LogP contribution in [0.15, 0.2) is 16.7 Å². The van der Waals surface area contributed by atoms with E-state index in [0.717, 1.165) is 25.1 Å². The maximum Gasteiger partial charge on any atom is 0.326 e. The first-order chi connectivity index (χ1) is 10.6. The average molecular weight is 306 g/mol. The van der Waals surface area contributed by atoms with Gasteiger partial charge in [0, 0.05) is 18.2 Å². The van der Waals surface area contributed by atoms with Crippen LogP contribution in [0.5, 0.6) is 0 Å². The van der Waals surface area contributed by atoms with Crippen LogP contribution >= 0.6 is 0 Å². The average Bonchev–Trinajstić information content (AvgIpc) is 3.17. The van der Waals surface area contributed by atoms with Gasteiger partial charge in [0.05, 0.1) is 6.26 Å². The molecule has 1 aromatic rings. The quantitative estimate of drug-likeness (QED) is 0.921. The molecule has 0 spiro atoms. The maximum atomic E-state index is 12.6. The minimum atomic E-state index is -0.929. The molecule has 2 aliphatic rings. The van der Waals surface area contributed by atoms with E-state index in [9.17, 15) is 14.7 Å². The van der Waals surface area contributed by atoms with E-state index in [1.807, 2.05) is 0 Å². The van der Waals surface area contributed by atoms with Crippen LogP contribution in [0.4, 0.5) is 0 Å². The molecule has 22 heavy (non-hydrogen) atoms. The number of carbonyl (C=O) groups is 2. The monoisotopic (exact) mass is 306 g/mol. The molecule has 1 aromatic heterocycles. The number of carboxylic acid groups (broad SMARTS) is 1. The highest BCUT2D eigenvalue weighted by molar-refractivity contribution is 5.95. The van der Waals surface area contributed by atoms with Gasteiger partial charge in [0.2, 0.25) is 0 Å². The molecule has 0 saturated carbocycles. The number of rotatable bonds is 3. The molecule has 1 amide bonds. The lowest BCUT2D eigenvalue weighted by atomic mass is 9.95. The van der Waals surface area contributed by atoms with Crippen molar-refractivity contribution in [3.63, 3.8) is 0 Å². The van der Waals surface area contributed by atoms with Gasteiger partial charge < -0.3 is 19.3 Å². The number of carbonyl (C=O) groups excluding carboxylic acids is 1. The van der Waals surface area contributed by atoms with Crippen molar-refractivity contribution in [1.29, 1.82) is 0 Å². The summed E-state index contributed by atoms with van der Waals surface area (Å²) >= 11 is 0. The Morgan fingerprint density at radius 3 is 2.59 bits per heavy atom. The fourth-order valence-corrected chi connectivity index (χ4v) is 3.58. The second-order valence-corrected chi connectivity index (χ2v) is 6.21. The van der Waals surface area contributed by atoms with E-state index in [1.165, 1.54) is 24.0 Å². The number of hydrogen-bond donors (Lipinski definition) is 1. The van der Waals surface area contributed by atoms with Crippen molar-refractivity contribution in [2.45, 2.75) is 44.7 Å². The standard InChI is InChI=1S/C16H22N2O4/c1-11-5-9-22-14(11)15(19)18-8-4-12(10-13(18)16(20)21)17-6-2-3-7-17/h5,9,12-13H,2-4,6-8,10H2,1H3,(H,20,21). The van der Waals surface area contributed by atoms with Crippen LogP contribution in [0.25, 0.3) is 0 Å². The molecule has 0 radical (unpaired) electrons. The Hall–Kier alpha value is -1.82. The molecule has 120 valence electrons. The minimum Gasteiger partial charge on any atom is -0.480 e. The summed E-state index contributed by atoms with van der Waals surface area (Å²) in [6.07, 6.45) is 5.16. The summed E-state index contributed by atoms with van der Waals surface area (Å²) in [6, 6.07) is 1.22. The van der Waals surface area contributed by atoms with Crippen LogP contribution in [0.3, 0.4) is 0 Å². The van der Waals surface area contributed by atoms with E-state index in [1.54, 1.807) is 13.0 Å². The summed E-state index contributed by atoms with van der Waals surface area (Å²) in [5, 5.41) is 9.54. The van der Waals surface area contributed by atoms with Crippen LogP contribution in [0.1, 0.15) is 41.8 Å². The summed E-state index contributed by atoms with van der Waals surface area (Å²) in [5.74, 6) is -0.984. The summed E-state index contributed by atoms with van der Waals surface area (Å²) in [5.41, 5.74) is 0.746. The van der Waals surface area contributed by atoms with Gasteiger partial charge in [-0.2, -0.15) is 0 Å². The molecule has 3 rings (SSSR count). The Bertz CT molecular complexity index is 562. The van der Waals surface area contributed by atoms with Gasteiger partial charge in [0.25, 0.3) is 5.91 Å². The highest BCUT2D eigenvalue weighted by Gasteiger charge is 2.39. The van der Waals surface area contributed by atoms with Gasteiger partial charge in [0.1, 0.15) is 6.04 Å². The zero-order chi connectivity index (χ0) is 15.7. The molecule has 1 N–H and O–H groups in total. The number of nitrogens with zero attached hydrogens (tertiary/aromatic N) is 2. The lowest BCUT2D eigenvalue weighted by Gasteiger charge is -2.40. The molecule has 6 heteroatoms. The van der Waals surface area contributed by atoms with Crippen LogP contribution < -0.4 is 0 Å². The predicted molar refractivity (Wildman–Crippen MR) is 79.7 cm³/mol. The molecular weight excluding hydrogens is 284 g/mol. The predicted octanol–water partition coefficient (Wildman–Crippen LogP) is 1.74. The summed E-state index contributed by atoms with van der Waals surface area (Å²) < 4.78 is 5.24. The molecule has 2 atom stereocenters. The third-order valence-electron chi connectivity index (χ3n) is 4.83. The molecule has 6 nitrogen and oxygen atoms in total. The lowest BCUT2D eigenvalue weighted by molar-refractivity contribution is -0.144. The second kappa shape index (κ2) is 6.12. The molecule has 2 saturated heterocycles. The summed E-state index contributed by atoms with van der Waals surface area (Å²) in [6.45, 7) is 4.35. The van der Waals surface area contributed by atoms with Crippen LogP contribution in [0.2, 0.25) is 0 Å². The van der Waals surface area contributed by atoms with Crippen molar-refractivity contribution in [3.8, 4) is 0 Å². The fourth-order valence-electron chi connectivity index (χ4n) is 3.58. The number of furan rings is 1. The first kappa shape index (κ1) is 15.1. The molecule has 0 aliphatic carbocycles. The third-order valence-corrected chi connectivity index (χ3v) is 4.83. The highest BCUT2D eigenvalue weighted by atomic mass is 16.4. The van der Waals surface area contributed by atoms with Gasteiger partial charge in [-0.05, 0) is 51.8 Å². The van der Waals surface area contributed by atoms with Gasteiger partial charge in [-0.3, -0.25) is 4.79 Å². The first-order valence-corrected chi connectivity index (χ1v) is 7.90. The van der Waals surface area contributed by atoms with E-state index < -0.39 is 12.0 Å². The number of piperidine rings is 1. The fraction of sp³-hybridized carbons (Fsp3) is 0.625. The van der Waals surface area contributed by atoms with Crippen molar-refractivity contribution in [2.75, 3.05) is 19.6 Å². The number of likely N-dealkylation sites (tertiary alicyclic amines) is 2. The largest absolute Gasteiger partial charge is 0.480 e. The Morgan fingerprint density at radius 1 is 1.27 bits per heavy atom. The summed E-state index contributed by atoms with van der Waals surface area (Å²) in [4.78, 5) is 28.1. The number of hydrogen-bond acceptors (Lipinski definition) is 4. The molecule has 0 bridgehead atoms. The van der Waals surface area contributed by atoms with Crippen LogP contribution in [0, 0.1) is 6.92 Å². The number of carboxylic acids is 1. The van der Waals surface area contributed by atoms with Crippen molar-refractivity contribution in [2.24, 2.45) is 0 Å². The molecule has 2 aliphatic heterocycles. The van der Waals surface area contributed by atoms with Gasteiger partial charge in [-0.15, -0.1) is 0 Å². The topological polar surface area (TPSA) is 74.0 Å². The van der Waals surface area contributed by atoms with E-state index in [4.69, 9.17) is 4.42 Å². The van der Waals surface area contributed by atoms with Crippen molar-refractivity contribution >= 4 is 11.9 Å². The zero-order valence-electron chi connectivity index (χ0n) is 12.8. The Labute approximate surface area is 129 Å². The van der Waals surface area contributed by atoms with E-state index in [0.29, 0.717) is 13.0 Å². The highest BCUT2D eigenvalue weighted by Crippen LogP contribution is 2.27. The van der Waals surface area contributed by atoms with Crippen molar-refractivity contribution in [3.05, 3.63) is 23.7 Å². The first-order valence-electron chi connectivity index (χ1n) is 7.90. The third kappa shape index (κ3) is 2.75. The summed E-state index contributed by atoms with van der Waals surface area (Å²) in [7, 11) is 0. The number of amides is 1. The number of aryl methyl sites for hydroxylation is 1. The van der Waals surface area contributed by atoms with Crippen molar-refractivity contribution < 1.29 is 19.1 Å². The van der Waals surface area contributed by atoms with Crippen molar-refractivity contribution in [1.82, 2.24) is 9.80 Å². The molecular formula is C16H22N2O4. The Kier molecular flexibility index (Phi) is 4.20. The molecule has 3 heterocycles. The molecule has 2 fully saturated rings. The minimum absolute atomic E-state index is 0.255. The van der Waals surface area contributed by atoms with Gasteiger partial charge in [0.15, 0.2) is 5.76 Å². The van der Waals surface area contributed by atoms with Gasteiger partial charge >= 0.3 is 5.97 Å². The van der Waals surface area contributed by atoms with E-state index in [2.05, 4.69) is 4.90 Å². The van der Waals surface area contributed by atoms with Crippen LogP contribution in [-0.4, -0.2) is 58.5 Å². The smallest absolute Gasteiger partial charge is 0.326 e. The van der Waals surface area contributed by atoms with Crippen LogP contribution in [-0.2, 0) is 4.79 Å². The SMILES string of the molecule is Cc1ccoc1C(=O)N1CCC(N2CCCC2)CC1C(=O)O. The second-order valence-electron chi connectivity index (χ2n) is 6.21. The molecule has 0 aromatic carbocycles. The van der Waals surface area contributed by atoms with Gasteiger partial charge in [-0.1, -0.05) is 0 Å². The lowest BCUT2D eigenvalue weighted by Crippen LogP contribution is -2.54. The van der Waals surface area contributed by atoms with E-state index >= 15 is 0 Å². The normalized spacial score (nSPS) is 26.3. The Balaban J connectivity index is 1.76. The Morgan fingerprint density at radius 2 is 2.00 bits per heavy atom. The molecule has 2 unspecified atom stereocenters. The maximum absolute atomic E-state index is 12.6. The van der Waals surface area contributed by atoms with Gasteiger partial charge in [-0.25, -0.2) is 4.79 Å². The van der Waals surface area contributed by atoms with E-state index in [-0.39, 0.29) is 17.7 Å². The zero-order valence-corrected chi connectivity index (χ0v) is 12.8. The number of aliphatic carboxylic acids is 1.